The third-order valence-corrected chi connectivity index (χ3v) is 5.18. The fraction of sp³-hybridized carbons (Fsp3) is 0.421. The minimum Gasteiger partial charge on any atom is -0.353 e. The van der Waals surface area contributed by atoms with Gasteiger partial charge in [-0.3, -0.25) is 4.99 Å². The Kier molecular flexibility index (Phi) is 4.93. The Balaban J connectivity index is 1.31. The first-order valence-electron chi connectivity index (χ1n) is 9.38. The third kappa shape index (κ3) is 4.06. The number of aliphatic imine (C=N–C) groups is 2. The highest BCUT2D eigenvalue weighted by atomic mass is 19.4. The molecule has 1 fully saturated rings. The van der Waals surface area contributed by atoms with Gasteiger partial charge in [0.1, 0.15) is 11.7 Å². The maximum atomic E-state index is 12.6. The van der Waals surface area contributed by atoms with Crippen LogP contribution in [0.2, 0.25) is 0 Å². The number of halogens is 3. The molecule has 29 heavy (non-hydrogen) atoms. The van der Waals surface area contributed by atoms with Crippen LogP contribution in [0, 0.1) is 0 Å². The minimum absolute atomic E-state index is 0.317. The zero-order chi connectivity index (χ0) is 20.6. The average molecular weight is 406 g/mol. The second kappa shape index (κ2) is 7.41. The number of rotatable bonds is 2. The molecule has 154 valence electrons. The van der Waals surface area contributed by atoms with Crippen LogP contribution in [0.15, 0.2) is 46.1 Å². The predicted octanol–water partition coefficient (Wildman–Crippen LogP) is 2.84. The number of fused-ring (bicyclic) bond motifs is 1. The number of amides is 2. The van der Waals surface area contributed by atoms with Gasteiger partial charge in [0.25, 0.3) is 0 Å². The van der Waals surface area contributed by atoms with E-state index in [0.717, 1.165) is 30.3 Å². The van der Waals surface area contributed by atoms with Gasteiger partial charge in [0.05, 0.1) is 24.5 Å². The molecule has 0 radical (unpaired) electrons. The van der Waals surface area contributed by atoms with Gasteiger partial charge in [0.15, 0.2) is 0 Å². The Morgan fingerprint density at radius 3 is 2.48 bits per heavy atom. The molecule has 2 amide bonds. The van der Waals surface area contributed by atoms with E-state index in [4.69, 9.17) is 0 Å². The Bertz CT molecular complexity index is 869. The van der Waals surface area contributed by atoms with Gasteiger partial charge < -0.3 is 20.0 Å². The quantitative estimate of drug-likeness (QED) is 0.822. The molecule has 7 nitrogen and oxygen atoms in total. The molecule has 3 aliphatic heterocycles. The van der Waals surface area contributed by atoms with E-state index >= 15 is 0 Å². The van der Waals surface area contributed by atoms with Gasteiger partial charge in [0, 0.05) is 37.9 Å². The molecule has 0 bridgehead atoms. The van der Waals surface area contributed by atoms with E-state index < -0.39 is 11.7 Å². The molecule has 3 aliphatic rings. The lowest BCUT2D eigenvalue weighted by atomic mass is 10.2. The second-order valence-electron chi connectivity index (χ2n) is 7.18. The van der Waals surface area contributed by atoms with E-state index in [1.165, 1.54) is 12.1 Å². The number of anilines is 1. The topological polar surface area (TPSA) is 63.5 Å². The van der Waals surface area contributed by atoms with Crippen molar-refractivity contribution < 1.29 is 18.0 Å². The lowest BCUT2D eigenvalue weighted by Crippen LogP contribution is -2.50. The Hall–Kier alpha value is -3.04. The average Bonchev–Trinajstić information content (AvgIpc) is 3.08. The summed E-state index contributed by atoms with van der Waals surface area (Å²) in [7, 11) is 0. The summed E-state index contributed by atoms with van der Waals surface area (Å²) in [5.74, 6) is 1.74. The molecule has 0 unspecified atom stereocenters. The van der Waals surface area contributed by atoms with Crippen molar-refractivity contribution in [3.8, 4) is 0 Å². The summed E-state index contributed by atoms with van der Waals surface area (Å²) in [5.41, 5.74) is -0.413. The minimum atomic E-state index is -4.39. The molecule has 3 heterocycles. The van der Waals surface area contributed by atoms with Gasteiger partial charge in [0.2, 0.25) is 0 Å². The van der Waals surface area contributed by atoms with Crippen LogP contribution in [0.4, 0.5) is 23.7 Å². The Morgan fingerprint density at radius 1 is 1.14 bits per heavy atom. The SMILES string of the molecule is C[C@@H]1CN=C2C=C(N3CCN(C(=O)Nc4ccc(C(F)(F)F)cc4)CC3)N=CN21. The van der Waals surface area contributed by atoms with Crippen LogP contribution >= 0.6 is 0 Å². The summed E-state index contributed by atoms with van der Waals surface area (Å²) in [5, 5.41) is 2.65. The monoisotopic (exact) mass is 406 g/mol. The van der Waals surface area contributed by atoms with Gasteiger partial charge in [-0.1, -0.05) is 0 Å². The van der Waals surface area contributed by atoms with Crippen molar-refractivity contribution in [3.63, 3.8) is 0 Å². The first kappa shape index (κ1) is 19.3. The molecule has 1 N–H and O–H groups in total. The number of urea groups is 1. The largest absolute Gasteiger partial charge is 0.416 e. The van der Waals surface area contributed by atoms with Crippen molar-refractivity contribution in [2.24, 2.45) is 9.98 Å². The molecule has 0 spiro atoms. The number of carbonyl (C=O) groups excluding carboxylic acids is 1. The summed E-state index contributed by atoms with van der Waals surface area (Å²) >= 11 is 0. The summed E-state index contributed by atoms with van der Waals surface area (Å²) in [4.78, 5) is 27.2. The molecule has 0 aliphatic carbocycles. The van der Waals surface area contributed by atoms with Crippen molar-refractivity contribution in [2.45, 2.75) is 19.1 Å². The molecular formula is C19H21F3N6O. The van der Waals surface area contributed by atoms with Gasteiger partial charge in [-0.15, -0.1) is 0 Å². The fourth-order valence-electron chi connectivity index (χ4n) is 3.44. The molecule has 1 aromatic rings. The van der Waals surface area contributed by atoms with E-state index in [1.807, 2.05) is 11.0 Å². The van der Waals surface area contributed by atoms with E-state index in [1.54, 1.807) is 11.2 Å². The first-order chi connectivity index (χ1) is 13.8. The summed E-state index contributed by atoms with van der Waals surface area (Å²) in [6.07, 6.45) is -0.634. The van der Waals surface area contributed by atoms with E-state index in [9.17, 15) is 18.0 Å². The van der Waals surface area contributed by atoms with Crippen LogP contribution in [0.1, 0.15) is 12.5 Å². The van der Waals surface area contributed by atoms with Gasteiger partial charge in [-0.05, 0) is 31.2 Å². The standard InChI is InChI=1S/C19H21F3N6O/c1-13-11-23-17-10-16(24-12-28(13)17)26-6-8-27(9-7-26)18(29)25-15-4-2-14(3-5-15)19(20,21)22/h2-5,10,12-13H,6-9,11H2,1H3,(H,25,29)/t13-/m1/s1. The zero-order valence-corrected chi connectivity index (χ0v) is 15.9. The molecule has 0 saturated carbocycles. The van der Waals surface area contributed by atoms with Gasteiger partial charge >= 0.3 is 12.2 Å². The summed E-state index contributed by atoms with van der Waals surface area (Å²) < 4.78 is 37.9. The van der Waals surface area contributed by atoms with Crippen molar-refractivity contribution >= 4 is 23.9 Å². The van der Waals surface area contributed by atoms with Crippen molar-refractivity contribution in [2.75, 3.05) is 38.0 Å². The Labute approximate surface area is 166 Å². The van der Waals surface area contributed by atoms with E-state index in [2.05, 4.69) is 27.1 Å². The summed E-state index contributed by atoms with van der Waals surface area (Å²) in [6.45, 7) is 5.06. The summed E-state index contributed by atoms with van der Waals surface area (Å²) in [6, 6.07) is 4.41. The van der Waals surface area contributed by atoms with Crippen molar-refractivity contribution in [3.05, 3.63) is 41.7 Å². The lowest BCUT2D eigenvalue weighted by molar-refractivity contribution is -0.137. The number of benzene rings is 1. The highest BCUT2D eigenvalue weighted by Crippen LogP contribution is 2.30. The van der Waals surface area contributed by atoms with Crippen LogP contribution in [0.25, 0.3) is 0 Å². The predicted molar refractivity (Wildman–Crippen MR) is 104 cm³/mol. The molecule has 1 aromatic carbocycles. The van der Waals surface area contributed by atoms with Crippen LogP contribution in [-0.2, 0) is 6.18 Å². The van der Waals surface area contributed by atoms with Crippen LogP contribution in [0.3, 0.4) is 0 Å². The molecule has 4 rings (SSSR count). The molecular weight excluding hydrogens is 385 g/mol. The number of carbonyl (C=O) groups is 1. The maximum Gasteiger partial charge on any atom is 0.416 e. The number of nitrogens with zero attached hydrogens (tertiary/aromatic N) is 5. The fourth-order valence-corrected chi connectivity index (χ4v) is 3.44. The number of nitrogens with one attached hydrogen (secondary N) is 1. The lowest BCUT2D eigenvalue weighted by Gasteiger charge is -2.37. The molecule has 10 heteroatoms. The Morgan fingerprint density at radius 2 is 1.83 bits per heavy atom. The third-order valence-electron chi connectivity index (χ3n) is 5.18. The van der Waals surface area contributed by atoms with Crippen LogP contribution < -0.4 is 5.32 Å². The molecule has 1 saturated heterocycles. The number of amidine groups is 1. The number of alkyl halides is 3. The van der Waals surface area contributed by atoms with Crippen LogP contribution in [0.5, 0.6) is 0 Å². The van der Waals surface area contributed by atoms with Crippen molar-refractivity contribution in [1.82, 2.24) is 14.7 Å². The molecule has 1 atom stereocenters. The number of piperazine rings is 1. The van der Waals surface area contributed by atoms with Crippen LogP contribution in [-0.4, -0.2) is 71.7 Å². The highest BCUT2D eigenvalue weighted by molar-refractivity contribution is 6.03. The zero-order valence-electron chi connectivity index (χ0n) is 15.9. The second-order valence-corrected chi connectivity index (χ2v) is 7.18. The van der Waals surface area contributed by atoms with Gasteiger partial charge in [-0.2, -0.15) is 13.2 Å². The van der Waals surface area contributed by atoms with E-state index in [0.29, 0.717) is 37.9 Å². The van der Waals surface area contributed by atoms with Gasteiger partial charge in [-0.25, -0.2) is 9.79 Å². The molecule has 0 aromatic heterocycles. The van der Waals surface area contributed by atoms with Crippen molar-refractivity contribution in [1.29, 1.82) is 0 Å². The highest BCUT2D eigenvalue weighted by Gasteiger charge is 2.30. The number of hydrogen-bond acceptors (Lipinski definition) is 5. The number of hydrogen-bond donors (Lipinski definition) is 1. The van der Waals surface area contributed by atoms with E-state index in [-0.39, 0.29) is 6.03 Å². The first-order valence-corrected chi connectivity index (χ1v) is 9.38. The maximum absolute atomic E-state index is 12.6. The smallest absolute Gasteiger partial charge is 0.353 e. The normalized spacial score (nSPS) is 21.7.